The second kappa shape index (κ2) is 12.7. The van der Waals surface area contributed by atoms with Gasteiger partial charge in [-0.3, -0.25) is 19.2 Å². The molecule has 9 heteroatoms. The Labute approximate surface area is 243 Å². The number of hydrogen-bond donors (Lipinski definition) is 4. The van der Waals surface area contributed by atoms with Crippen LogP contribution in [0.25, 0.3) is 11.1 Å². The van der Waals surface area contributed by atoms with Gasteiger partial charge >= 0.3 is 5.97 Å². The number of carbonyl (C=O) groups is 4. The maximum absolute atomic E-state index is 13.6. The Balaban J connectivity index is 1.29. The van der Waals surface area contributed by atoms with Gasteiger partial charge in [-0.2, -0.15) is 0 Å². The van der Waals surface area contributed by atoms with Crippen LogP contribution in [0.1, 0.15) is 35.2 Å². The van der Waals surface area contributed by atoms with Gasteiger partial charge < -0.3 is 21.1 Å². The SMILES string of the molecule is O=C(N[C@@H](Cc1ccc(Cl)cc1)C(=O)NC1CCC2NCC(C(=O)O)C(=O)C2C1)c1ccc(-c2ccccc2)cc1. The number of benzene rings is 3. The highest BCUT2D eigenvalue weighted by Gasteiger charge is 2.44. The Morgan fingerprint density at radius 2 is 1.61 bits per heavy atom. The smallest absolute Gasteiger partial charge is 0.315 e. The zero-order valence-electron chi connectivity index (χ0n) is 22.4. The summed E-state index contributed by atoms with van der Waals surface area (Å²) in [6, 6.07) is 22.9. The molecule has 2 amide bonds. The summed E-state index contributed by atoms with van der Waals surface area (Å²) in [5.74, 6) is -3.70. The Bertz CT molecular complexity index is 1410. The quantitative estimate of drug-likeness (QED) is 0.303. The molecule has 0 radical (unpaired) electrons. The van der Waals surface area contributed by atoms with Gasteiger partial charge in [0.25, 0.3) is 5.91 Å². The minimum atomic E-state index is -1.13. The molecule has 1 saturated carbocycles. The summed E-state index contributed by atoms with van der Waals surface area (Å²) < 4.78 is 0. The molecule has 5 atom stereocenters. The number of aliphatic carboxylic acids is 1. The monoisotopic (exact) mass is 573 g/mol. The van der Waals surface area contributed by atoms with E-state index in [1.165, 1.54) is 0 Å². The number of carboxylic acid groups (broad SMARTS) is 1. The predicted octanol–water partition coefficient (Wildman–Crippen LogP) is 3.87. The van der Waals surface area contributed by atoms with E-state index in [4.69, 9.17) is 11.6 Å². The van der Waals surface area contributed by atoms with Crippen LogP contribution in [0.4, 0.5) is 0 Å². The number of halogens is 1. The highest BCUT2D eigenvalue weighted by molar-refractivity contribution is 6.30. The molecule has 212 valence electrons. The van der Waals surface area contributed by atoms with Crippen LogP contribution in [0, 0.1) is 11.8 Å². The van der Waals surface area contributed by atoms with Gasteiger partial charge in [-0.1, -0.05) is 66.2 Å². The number of carboxylic acids is 1. The summed E-state index contributed by atoms with van der Waals surface area (Å²) >= 11 is 6.04. The zero-order chi connectivity index (χ0) is 28.9. The van der Waals surface area contributed by atoms with Gasteiger partial charge in [0, 0.05) is 41.6 Å². The molecule has 2 aliphatic rings. The van der Waals surface area contributed by atoms with E-state index in [1.54, 1.807) is 24.3 Å². The van der Waals surface area contributed by atoms with Crippen LogP contribution in [-0.2, 0) is 20.8 Å². The van der Waals surface area contributed by atoms with Crippen molar-refractivity contribution in [2.75, 3.05) is 6.54 Å². The molecular formula is C32H32ClN3O5. The first-order chi connectivity index (χ1) is 19.8. The van der Waals surface area contributed by atoms with Crippen molar-refractivity contribution in [3.63, 3.8) is 0 Å². The van der Waals surface area contributed by atoms with Crippen molar-refractivity contribution >= 4 is 35.2 Å². The van der Waals surface area contributed by atoms with Gasteiger partial charge in [0.05, 0.1) is 0 Å². The van der Waals surface area contributed by atoms with E-state index in [-0.39, 0.29) is 42.6 Å². The molecule has 0 spiro atoms. The molecule has 1 aliphatic carbocycles. The second-order valence-corrected chi connectivity index (χ2v) is 11.2. The first-order valence-electron chi connectivity index (χ1n) is 13.8. The minimum absolute atomic E-state index is 0.0883. The lowest BCUT2D eigenvalue weighted by molar-refractivity contribution is -0.150. The maximum Gasteiger partial charge on any atom is 0.315 e. The highest BCUT2D eigenvalue weighted by Crippen LogP contribution is 2.31. The van der Waals surface area contributed by atoms with Crippen molar-refractivity contribution in [3.05, 3.63) is 95.0 Å². The Morgan fingerprint density at radius 1 is 0.927 bits per heavy atom. The zero-order valence-corrected chi connectivity index (χ0v) is 23.1. The molecule has 3 aromatic carbocycles. The summed E-state index contributed by atoms with van der Waals surface area (Å²) in [7, 11) is 0. The molecular weight excluding hydrogens is 542 g/mol. The lowest BCUT2D eigenvalue weighted by atomic mass is 9.73. The summed E-state index contributed by atoms with van der Waals surface area (Å²) in [6.45, 7) is 0.133. The lowest BCUT2D eigenvalue weighted by Crippen LogP contribution is -2.59. The van der Waals surface area contributed by atoms with Crippen molar-refractivity contribution in [2.24, 2.45) is 11.8 Å². The number of piperidine rings is 1. The molecule has 3 aromatic rings. The first kappa shape index (κ1) is 28.5. The van der Waals surface area contributed by atoms with Crippen molar-refractivity contribution in [3.8, 4) is 11.1 Å². The first-order valence-corrected chi connectivity index (χ1v) is 14.2. The predicted molar refractivity (Wildman–Crippen MR) is 155 cm³/mol. The molecule has 2 fully saturated rings. The standard InChI is InChI=1S/C32H32ClN3O5/c33-23-12-6-19(7-13-23)16-28(36-30(38)22-10-8-21(9-11-22)20-4-2-1-3-5-20)31(39)35-24-14-15-27-25(17-24)29(37)26(18-34-27)32(40)41/h1-13,24-28,34H,14-18H2,(H,35,39)(H,36,38)(H,40,41)/t24?,25?,26?,27?,28-/m0/s1. The average Bonchev–Trinajstić information content (AvgIpc) is 2.98. The van der Waals surface area contributed by atoms with E-state index in [0.717, 1.165) is 16.7 Å². The van der Waals surface area contributed by atoms with Gasteiger partial charge in [0.1, 0.15) is 12.0 Å². The molecule has 4 N–H and O–H groups in total. The number of carbonyl (C=O) groups excluding carboxylic acids is 3. The van der Waals surface area contributed by atoms with Crippen LogP contribution in [-0.4, -0.2) is 53.3 Å². The highest BCUT2D eigenvalue weighted by atomic mass is 35.5. The van der Waals surface area contributed by atoms with Crippen LogP contribution < -0.4 is 16.0 Å². The van der Waals surface area contributed by atoms with Crippen LogP contribution in [0.3, 0.4) is 0 Å². The van der Waals surface area contributed by atoms with Gasteiger partial charge in [0.2, 0.25) is 5.91 Å². The van der Waals surface area contributed by atoms with Crippen molar-refractivity contribution in [1.29, 1.82) is 0 Å². The largest absolute Gasteiger partial charge is 0.481 e. The van der Waals surface area contributed by atoms with E-state index in [9.17, 15) is 24.3 Å². The maximum atomic E-state index is 13.6. The third-order valence-corrected chi connectivity index (χ3v) is 8.27. The Kier molecular flexibility index (Phi) is 8.81. The average molecular weight is 574 g/mol. The third-order valence-electron chi connectivity index (χ3n) is 8.02. The fourth-order valence-corrected chi connectivity index (χ4v) is 5.88. The van der Waals surface area contributed by atoms with E-state index < -0.39 is 23.8 Å². The van der Waals surface area contributed by atoms with E-state index in [2.05, 4.69) is 16.0 Å². The number of hydrogen-bond acceptors (Lipinski definition) is 5. The number of amides is 2. The van der Waals surface area contributed by atoms with E-state index in [1.807, 2.05) is 54.6 Å². The van der Waals surface area contributed by atoms with Gasteiger partial charge in [-0.05, 0) is 60.2 Å². The topological polar surface area (TPSA) is 125 Å². The molecule has 41 heavy (non-hydrogen) atoms. The summed E-state index contributed by atoms with van der Waals surface area (Å²) in [6.07, 6.45) is 1.90. The Hall–Kier alpha value is -4.01. The van der Waals surface area contributed by atoms with Crippen LogP contribution in [0.15, 0.2) is 78.9 Å². The third kappa shape index (κ3) is 6.84. The number of rotatable bonds is 8. The molecule has 1 saturated heterocycles. The summed E-state index contributed by atoms with van der Waals surface area (Å²) in [5, 5.41) is 19.1. The van der Waals surface area contributed by atoms with E-state index >= 15 is 0 Å². The molecule has 0 aromatic heterocycles. The minimum Gasteiger partial charge on any atom is -0.481 e. The van der Waals surface area contributed by atoms with Crippen LogP contribution >= 0.6 is 11.6 Å². The summed E-state index contributed by atoms with van der Waals surface area (Å²) in [5.41, 5.74) is 3.27. The van der Waals surface area contributed by atoms with Crippen molar-refractivity contribution < 1.29 is 24.3 Å². The lowest BCUT2D eigenvalue weighted by Gasteiger charge is -2.41. The van der Waals surface area contributed by atoms with Crippen LogP contribution in [0.2, 0.25) is 5.02 Å². The number of fused-ring (bicyclic) bond motifs is 1. The van der Waals surface area contributed by atoms with Gasteiger partial charge in [-0.15, -0.1) is 0 Å². The fourth-order valence-electron chi connectivity index (χ4n) is 5.75. The number of Topliss-reactive ketones (excluding diaryl/α,β-unsaturated/α-hetero) is 1. The Morgan fingerprint density at radius 3 is 2.29 bits per heavy atom. The normalized spacial score (nSPS) is 22.7. The molecule has 1 heterocycles. The molecule has 1 aliphatic heterocycles. The van der Waals surface area contributed by atoms with Gasteiger partial charge in [0.15, 0.2) is 5.78 Å². The summed E-state index contributed by atoms with van der Waals surface area (Å²) in [4.78, 5) is 51.2. The molecule has 5 rings (SSSR count). The number of nitrogens with one attached hydrogen (secondary N) is 3. The second-order valence-electron chi connectivity index (χ2n) is 10.7. The molecule has 4 unspecified atom stereocenters. The van der Waals surface area contributed by atoms with Gasteiger partial charge in [-0.25, -0.2) is 0 Å². The van der Waals surface area contributed by atoms with Crippen molar-refractivity contribution in [2.45, 2.75) is 43.8 Å². The van der Waals surface area contributed by atoms with Crippen LogP contribution in [0.5, 0.6) is 0 Å². The van der Waals surface area contributed by atoms with Crippen molar-refractivity contribution in [1.82, 2.24) is 16.0 Å². The van der Waals surface area contributed by atoms with E-state index in [0.29, 0.717) is 29.8 Å². The molecule has 8 nitrogen and oxygen atoms in total. The number of ketones is 1. The molecule has 0 bridgehead atoms. The fraction of sp³-hybridized carbons (Fsp3) is 0.312.